The van der Waals surface area contributed by atoms with Gasteiger partial charge in [0, 0.05) is 30.8 Å². The molecule has 4 aliphatic carbocycles. The summed E-state index contributed by atoms with van der Waals surface area (Å²) in [6.07, 6.45) is 12.0. The first-order valence-corrected chi connectivity index (χ1v) is 18.9. The standard InChI is InChI=1S/C40H62N2O6/c1-10-31-41-19-21-42(31)20-11-12-22-47-35(45)40-16-13-26(25(2)3)33(40)27-23-28(43)34-38(7,37(27,6)17-18-40)15-14-29-36(4,5)48-30(39(29,34)8)24-32(44)46-9/h19,21,26-30,33-34,43H,2,10-18,20,22-24H2,1,3-9H3/t26-,27+,28+,29?,30?,33+,34-,37+,38+,39+,40-/m0/s1. The molecule has 5 aliphatic rings. The molecule has 2 heterocycles. The van der Waals surface area contributed by atoms with Gasteiger partial charge in [0.15, 0.2) is 0 Å². The van der Waals surface area contributed by atoms with Gasteiger partial charge in [-0.15, -0.1) is 0 Å². The summed E-state index contributed by atoms with van der Waals surface area (Å²) in [5.41, 5.74) is -0.464. The van der Waals surface area contributed by atoms with E-state index in [-0.39, 0.29) is 70.3 Å². The third-order valence-corrected chi connectivity index (χ3v) is 15.3. The van der Waals surface area contributed by atoms with E-state index >= 15 is 0 Å². The van der Waals surface area contributed by atoms with Gasteiger partial charge in [0.05, 0.1) is 43.4 Å². The third kappa shape index (κ3) is 5.15. The molecule has 6 rings (SSSR count). The second kappa shape index (κ2) is 12.5. The summed E-state index contributed by atoms with van der Waals surface area (Å²) in [6.45, 7) is 21.5. The van der Waals surface area contributed by atoms with Crippen LogP contribution < -0.4 is 0 Å². The molecule has 1 aromatic rings. The van der Waals surface area contributed by atoms with Gasteiger partial charge in [-0.3, -0.25) is 9.59 Å². The molecule has 48 heavy (non-hydrogen) atoms. The molecule has 8 heteroatoms. The summed E-state index contributed by atoms with van der Waals surface area (Å²) in [6, 6.07) is 0. The first kappa shape index (κ1) is 35.6. The predicted molar refractivity (Wildman–Crippen MR) is 185 cm³/mol. The van der Waals surface area contributed by atoms with Crippen LogP contribution in [0.5, 0.6) is 0 Å². The lowest BCUT2D eigenvalue weighted by atomic mass is 9.33. The zero-order valence-corrected chi connectivity index (χ0v) is 31.0. The van der Waals surface area contributed by atoms with Crippen LogP contribution in [0.2, 0.25) is 0 Å². The average molecular weight is 667 g/mol. The lowest BCUT2D eigenvalue weighted by Gasteiger charge is -2.71. The number of hydrogen-bond donors (Lipinski definition) is 1. The van der Waals surface area contributed by atoms with Gasteiger partial charge < -0.3 is 23.9 Å². The largest absolute Gasteiger partial charge is 0.469 e. The second-order valence-electron chi connectivity index (χ2n) is 17.6. The normalized spacial score (nSPS) is 42.6. The maximum absolute atomic E-state index is 14.3. The molecule has 1 aromatic heterocycles. The fourth-order valence-electron chi connectivity index (χ4n) is 13.0. The molecule has 5 fully saturated rings. The average Bonchev–Trinajstić information content (AvgIpc) is 3.71. The zero-order valence-electron chi connectivity index (χ0n) is 31.0. The Balaban J connectivity index is 1.27. The number of unbranched alkanes of at least 4 members (excludes halogenated alkanes) is 1. The van der Waals surface area contributed by atoms with E-state index in [0.29, 0.717) is 13.0 Å². The van der Waals surface area contributed by atoms with Crippen molar-refractivity contribution >= 4 is 11.9 Å². The number of aliphatic hydroxyl groups excluding tert-OH is 1. The van der Waals surface area contributed by atoms with Gasteiger partial charge in [0.2, 0.25) is 0 Å². The minimum absolute atomic E-state index is 0.0308. The predicted octanol–water partition coefficient (Wildman–Crippen LogP) is 7.32. The highest BCUT2D eigenvalue weighted by molar-refractivity contribution is 5.78. The van der Waals surface area contributed by atoms with Gasteiger partial charge in [-0.1, -0.05) is 39.8 Å². The van der Waals surface area contributed by atoms with Gasteiger partial charge in [0.25, 0.3) is 0 Å². The Bertz CT molecular complexity index is 1400. The van der Waals surface area contributed by atoms with Crippen molar-refractivity contribution in [3.8, 4) is 0 Å². The van der Waals surface area contributed by atoms with Crippen LogP contribution in [0.4, 0.5) is 0 Å². The van der Waals surface area contributed by atoms with Gasteiger partial charge in [0.1, 0.15) is 5.82 Å². The number of imidazole rings is 1. The van der Waals surface area contributed by atoms with E-state index in [4.69, 9.17) is 14.2 Å². The van der Waals surface area contributed by atoms with Gasteiger partial charge in [-0.2, -0.15) is 0 Å². The summed E-state index contributed by atoms with van der Waals surface area (Å²) in [7, 11) is 1.44. The van der Waals surface area contributed by atoms with E-state index < -0.39 is 17.1 Å². The lowest BCUT2D eigenvalue weighted by Crippen LogP contribution is -2.69. The highest BCUT2D eigenvalue weighted by Crippen LogP contribution is 2.77. The van der Waals surface area contributed by atoms with E-state index in [2.05, 4.69) is 64.6 Å². The van der Waals surface area contributed by atoms with Crippen molar-refractivity contribution in [3.63, 3.8) is 0 Å². The Morgan fingerprint density at radius 2 is 1.83 bits per heavy atom. The Morgan fingerprint density at radius 3 is 2.52 bits per heavy atom. The van der Waals surface area contributed by atoms with Crippen molar-refractivity contribution in [2.45, 2.75) is 143 Å². The number of fused-ring (bicyclic) bond motifs is 7. The molecule has 0 bridgehead atoms. The summed E-state index contributed by atoms with van der Waals surface area (Å²) in [4.78, 5) is 31.5. The summed E-state index contributed by atoms with van der Waals surface area (Å²) >= 11 is 0. The Morgan fingerprint density at radius 1 is 1.08 bits per heavy atom. The smallest absolute Gasteiger partial charge is 0.312 e. The van der Waals surface area contributed by atoms with Gasteiger partial charge >= 0.3 is 11.9 Å². The highest BCUT2D eigenvalue weighted by atomic mass is 16.5. The molecule has 1 saturated heterocycles. The van der Waals surface area contributed by atoms with Crippen molar-refractivity contribution in [3.05, 3.63) is 30.4 Å². The topological polar surface area (TPSA) is 99.9 Å². The number of carbonyl (C=O) groups excluding carboxylic acids is 2. The van der Waals surface area contributed by atoms with E-state index in [1.165, 1.54) is 7.11 Å². The van der Waals surface area contributed by atoms with Crippen molar-refractivity contribution < 1.29 is 28.9 Å². The second-order valence-corrected chi connectivity index (χ2v) is 17.6. The van der Waals surface area contributed by atoms with Crippen LogP contribution in [0.1, 0.15) is 118 Å². The van der Waals surface area contributed by atoms with Crippen molar-refractivity contribution in [2.75, 3.05) is 13.7 Å². The maximum Gasteiger partial charge on any atom is 0.312 e. The van der Waals surface area contributed by atoms with E-state index in [1.807, 2.05) is 12.4 Å². The molecule has 0 radical (unpaired) electrons. The molecule has 1 N–H and O–H groups in total. The number of aliphatic hydroxyl groups is 1. The first-order valence-electron chi connectivity index (χ1n) is 18.9. The summed E-state index contributed by atoms with van der Waals surface area (Å²) in [5, 5.41) is 12.5. The molecular formula is C40H62N2O6. The van der Waals surface area contributed by atoms with Crippen LogP contribution in [-0.4, -0.2) is 58.1 Å². The number of hydrogen-bond acceptors (Lipinski definition) is 7. The van der Waals surface area contributed by atoms with Crippen molar-refractivity contribution in [2.24, 2.45) is 51.2 Å². The fraction of sp³-hybridized carbons (Fsp3) is 0.825. The Labute approximate surface area is 288 Å². The molecule has 11 atom stereocenters. The number of carbonyl (C=O) groups is 2. The number of nitrogens with zero attached hydrogens (tertiary/aromatic N) is 2. The number of ether oxygens (including phenoxy) is 3. The molecule has 0 aromatic carbocycles. The number of methoxy groups -OCH3 is 1. The zero-order chi connectivity index (χ0) is 34.9. The molecule has 0 spiro atoms. The summed E-state index contributed by atoms with van der Waals surface area (Å²) < 4.78 is 20.3. The van der Waals surface area contributed by atoms with E-state index in [1.54, 1.807) is 0 Å². The third-order valence-electron chi connectivity index (χ3n) is 15.3. The summed E-state index contributed by atoms with van der Waals surface area (Å²) in [5.74, 6) is 1.49. The first-order chi connectivity index (χ1) is 22.6. The van der Waals surface area contributed by atoms with Crippen LogP contribution in [0.15, 0.2) is 24.5 Å². The fourth-order valence-corrected chi connectivity index (χ4v) is 13.0. The number of aromatic nitrogens is 2. The minimum Gasteiger partial charge on any atom is -0.469 e. The van der Waals surface area contributed by atoms with Crippen LogP contribution in [0, 0.1) is 51.2 Å². The van der Waals surface area contributed by atoms with Gasteiger partial charge in [-0.25, -0.2) is 4.98 Å². The molecular weight excluding hydrogens is 604 g/mol. The van der Waals surface area contributed by atoms with Crippen LogP contribution in [-0.2, 0) is 36.8 Å². The van der Waals surface area contributed by atoms with Gasteiger partial charge in [-0.05, 0) is 119 Å². The molecule has 1 aliphatic heterocycles. The van der Waals surface area contributed by atoms with Crippen molar-refractivity contribution in [1.29, 1.82) is 0 Å². The highest BCUT2D eigenvalue weighted by Gasteiger charge is 2.76. The van der Waals surface area contributed by atoms with Crippen molar-refractivity contribution in [1.82, 2.24) is 9.55 Å². The number of aryl methyl sites for hydroxylation is 2. The maximum atomic E-state index is 14.3. The van der Waals surface area contributed by atoms with E-state index in [0.717, 1.165) is 75.7 Å². The quantitative estimate of drug-likeness (QED) is 0.159. The molecule has 0 amide bonds. The van der Waals surface area contributed by atoms with Crippen LogP contribution in [0.25, 0.3) is 0 Å². The molecule has 2 unspecified atom stereocenters. The van der Waals surface area contributed by atoms with E-state index in [9.17, 15) is 14.7 Å². The molecule has 8 nitrogen and oxygen atoms in total. The minimum atomic E-state index is -0.562. The molecule has 268 valence electrons. The monoisotopic (exact) mass is 666 g/mol. The number of allylic oxidation sites excluding steroid dienone is 1. The lowest BCUT2D eigenvalue weighted by molar-refractivity contribution is -0.255. The molecule has 4 saturated carbocycles. The Hall–Kier alpha value is -2.19. The Kier molecular flexibility index (Phi) is 9.31. The van der Waals surface area contributed by atoms with Crippen LogP contribution >= 0.6 is 0 Å². The number of esters is 2. The number of rotatable bonds is 10. The van der Waals surface area contributed by atoms with Crippen LogP contribution in [0.3, 0.4) is 0 Å². The SMILES string of the molecule is C=C(C)[C@@H]1CC[C@]2(C(=O)OCCCCn3ccnc3CC)CC[C@]3(C)[C@H](C[C@@H](O)[C@@H]4[C@@]5(C)C(CC(=O)OC)OC(C)(C)C5CC[C@]43C)[C@@H]12.